The summed E-state index contributed by atoms with van der Waals surface area (Å²) in [6, 6.07) is 22.2. The van der Waals surface area contributed by atoms with Gasteiger partial charge in [0.2, 0.25) is 5.79 Å². The number of rotatable bonds is 19. The van der Waals surface area contributed by atoms with Gasteiger partial charge in [0, 0.05) is 48.1 Å². The first-order valence-electron chi connectivity index (χ1n) is 20.1. The molecule has 3 aliphatic rings. The third-order valence-electron chi connectivity index (χ3n) is 11.5. The van der Waals surface area contributed by atoms with Crippen LogP contribution in [0.5, 0.6) is 17.2 Å². The zero-order chi connectivity index (χ0) is 40.4. The van der Waals surface area contributed by atoms with Crippen LogP contribution in [-0.4, -0.2) is 78.3 Å². The van der Waals surface area contributed by atoms with Crippen LogP contribution in [0.15, 0.2) is 101 Å². The molecule has 10 nitrogen and oxygen atoms in total. The van der Waals surface area contributed by atoms with Crippen molar-refractivity contribution in [3.05, 3.63) is 108 Å². The zero-order valence-corrected chi connectivity index (χ0v) is 34.1. The van der Waals surface area contributed by atoms with Crippen molar-refractivity contribution in [1.82, 2.24) is 4.90 Å². The first-order valence-corrected chi connectivity index (χ1v) is 21.3. The maximum atomic E-state index is 14.7. The highest BCUT2D eigenvalue weighted by Gasteiger charge is 2.65. The van der Waals surface area contributed by atoms with Crippen LogP contribution in [0.4, 0.5) is 0 Å². The molecular weight excluding hydrogens is 739 g/mol. The number of hydrogen-bond acceptors (Lipinski definition) is 10. The maximum absolute atomic E-state index is 14.7. The summed E-state index contributed by atoms with van der Waals surface area (Å²) in [4.78, 5) is 23.3. The topological polar surface area (TPSA) is 134 Å². The largest absolute Gasteiger partial charge is 0.459 e. The van der Waals surface area contributed by atoms with Crippen LogP contribution >= 0.6 is 11.8 Å². The minimum absolute atomic E-state index is 0.0888. The molecule has 1 aliphatic heterocycles. The minimum atomic E-state index is -1.36. The number of oxime groups is 1. The highest BCUT2D eigenvalue weighted by molar-refractivity contribution is 7.98. The summed E-state index contributed by atoms with van der Waals surface area (Å²) in [5.74, 6) is 0.120. The van der Waals surface area contributed by atoms with Crippen LogP contribution < -0.4 is 9.47 Å². The average molecular weight is 794 g/mol. The Labute approximate surface area is 341 Å². The molecule has 0 radical (unpaired) electrons. The SMILES string of the molecule is C=CCO[C@@]12Oc3ccc(Oc4ccc(SC)cc4)cc3[C@H]3[C@H](CCCCO)[C@@H](CCCCO)C=C(C(=NOC)C[C@@H]1N(CCC)C(=O)c1ccc(C#N)cc1)[C@H]32. The highest BCUT2D eigenvalue weighted by atomic mass is 32.2. The van der Waals surface area contributed by atoms with E-state index in [0.29, 0.717) is 54.9 Å². The van der Waals surface area contributed by atoms with Crippen molar-refractivity contribution in [2.45, 2.75) is 80.9 Å². The first-order chi connectivity index (χ1) is 27.9. The van der Waals surface area contributed by atoms with Gasteiger partial charge >= 0.3 is 0 Å². The lowest BCUT2D eigenvalue weighted by Gasteiger charge is -2.60. The molecule has 11 heteroatoms. The van der Waals surface area contributed by atoms with Crippen LogP contribution in [-0.2, 0) is 9.57 Å². The second-order valence-electron chi connectivity index (χ2n) is 14.9. The predicted molar refractivity (Wildman–Crippen MR) is 223 cm³/mol. The molecule has 3 aromatic carbocycles. The van der Waals surface area contributed by atoms with E-state index in [1.165, 1.54) is 0 Å². The number of benzene rings is 3. The van der Waals surface area contributed by atoms with Gasteiger partial charge in [-0.05, 0) is 122 Å². The standard InChI is InChI=1S/C46H55N3O7S/c1-5-23-49(45(52)32-15-13-31(30-47)14-16-32)42-29-40(48-53-3)38-27-33(11-7-9-24-50)37(12-8-10-25-51)43-39-28-35(55-34-17-20-36(57-4)21-18-34)19-22-41(39)56-46(42,44(38)43)54-26-6-2/h6,13-22,27-28,33,37,42-44,50-51H,2,5,7-12,23-26,29H2,1,3-4H3/t33-,37+,42-,43+,44+,46+/m0/s1. The summed E-state index contributed by atoms with van der Waals surface area (Å²) in [6.07, 6.45) is 11.8. The Morgan fingerprint density at radius 1 is 1.05 bits per heavy atom. The Kier molecular flexibility index (Phi) is 14.5. The van der Waals surface area contributed by atoms with Crippen molar-refractivity contribution in [1.29, 1.82) is 5.26 Å². The van der Waals surface area contributed by atoms with Crippen molar-refractivity contribution in [3.63, 3.8) is 0 Å². The third-order valence-corrected chi connectivity index (χ3v) is 12.2. The lowest BCUT2D eigenvalue weighted by Crippen LogP contribution is -2.70. The Balaban J connectivity index is 1.57. The van der Waals surface area contributed by atoms with E-state index in [9.17, 15) is 20.3 Å². The van der Waals surface area contributed by atoms with Gasteiger partial charge < -0.3 is 34.2 Å². The smallest absolute Gasteiger partial charge is 0.254 e. The summed E-state index contributed by atoms with van der Waals surface area (Å²) in [7, 11) is 1.54. The number of amides is 1. The number of aliphatic hydroxyl groups excluding tert-OH is 2. The van der Waals surface area contributed by atoms with Gasteiger partial charge in [-0.15, -0.1) is 18.3 Å². The second kappa shape index (κ2) is 19.7. The average Bonchev–Trinajstić information content (AvgIpc) is 3.24. The number of thioether (sulfide) groups is 1. The van der Waals surface area contributed by atoms with Crippen LogP contribution in [0.1, 0.15) is 85.7 Å². The van der Waals surface area contributed by atoms with Gasteiger partial charge in [0.15, 0.2) is 0 Å². The molecule has 6 rings (SSSR count). The number of ether oxygens (including phenoxy) is 3. The molecule has 302 valence electrons. The van der Waals surface area contributed by atoms with Crippen molar-refractivity contribution in [2.24, 2.45) is 22.9 Å². The van der Waals surface area contributed by atoms with Crippen LogP contribution in [0.3, 0.4) is 0 Å². The number of carbonyl (C=O) groups excluding carboxylic acids is 1. The quantitative estimate of drug-likeness (QED) is 0.0528. The fraction of sp³-hybridized carbons (Fsp3) is 0.457. The monoisotopic (exact) mass is 793 g/mol. The van der Waals surface area contributed by atoms with E-state index in [1.54, 1.807) is 49.2 Å². The summed E-state index contributed by atoms with van der Waals surface area (Å²) in [6.45, 7) is 6.88. The molecule has 1 fully saturated rings. The van der Waals surface area contributed by atoms with Crippen molar-refractivity contribution < 1.29 is 34.1 Å². The highest BCUT2D eigenvalue weighted by Crippen LogP contribution is 2.62. The van der Waals surface area contributed by atoms with Crippen LogP contribution in [0, 0.1) is 29.1 Å². The fourth-order valence-corrected chi connectivity index (χ4v) is 9.50. The third kappa shape index (κ3) is 8.95. The number of nitrogens with zero attached hydrogens (tertiary/aromatic N) is 3. The predicted octanol–water partition coefficient (Wildman–Crippen LogP) is 8.89. The van der Waals surface area contributed by atoms with Gasteiger partial charge in [-0.2, -0.15) is 5.26 Å². The lowest BCUT2D eigenvalue weighted by atomic mass is 9.55. The molecule has 57 heavy (non-hydrogen) atoms. The van der Waals surface area contributed by atoms with Crippen molar-refractivity contribution >= 4 is 23.4 Å². The normalized spacial score (nSPS) is 24.0. The fourth-order valence-electron chi connectivity index (χ4n) is 9.09. The van der Waals surface area contributed by atoms with E-state index in [2.05, 4.69) is 29.9 Å². The molecule has 1 heterocycles. The number of aliphatic hydroxyl groups is 2. The summed E-state index contributed by atoms with van der Waals surface area (Å²) < 4.78 is 20.9. The maximum Gasteiger partial charge on any atom is 0.254 e. The number of hydrogen-bond donors (Lipinski definition) is 2. The van der Waals surface area contributed by atoms with Gasteiger partial charge in [-0.25, -0.2) is 0 Å². The van der Waals surface area contributed by atoms with E-state index in [4.69, 9.17) is 19.0 Å². The van der Waals surface area contributed by atoms with E-state index in [-0.39, 0.29) is 43.5 Å². The Bertz CT molecular complexity index is 1940. The Morgan fingerprint density at radius 2 is 1.77 bits per heavy atom. The zero-order valence-electron chi connectivity index (χ0n) is 33.3. The van der Waals surface area contributed by atoms with E-state index < -0.39 is 17.7 Å². The summed E-state index contributed by atoms with van der Waals surface area (Å²) in [5, 5.41) is 33.9. The molecular formula is C46H55N3O7S. The molecule has 1 amide bonds. The molecule has 6 atom stereocenters. The van der Waals surface area contributed by atoms with E-state index in [0.717, 1.165) is 53.2 Å². The second-order valence-corrected chi connectivity index (χ2v) is 15.8. The summed E-state index contributed by atoms with van der Waals surface area (Å²) >= 11 is 1.67. The Morgan fingerprint density at radius 3 is 2.42 bits per heavy atom. The van der Waals surface area contributed by atoms with Crippen molar-refractivity contribution in [3.8, 4) is 23.3 Å². The van der Waals surface area contributed by atoms with E-state index >= 15 is 0 Å². The molecule has 1 saturated carbocycles. The number of carbonyl (C=O) groups is 1. The minimum Gasteiger partial charge on any atom is -0.459 e. The van der Waals surface area contributed by atoms with Gasteiger partial charge in [0.25, 0.3) is 5.91 Å². The molecule has 0 spiro atoms. The lowest BCUT2D eigenvalue weighted by molar-refractivity contribution is -0.254. The first kappa shape index (κ1) is 42.0. The van der Waals surface area contributed by atoms with Crippen molar-refractivity contribution in [2.75, 3.05) is 39.7 Å². The van der Waals surface area contributed by atoms with Crippen LogP contribution in [0.2, 0.25) is 0 Å². The number of unbranched alkanes of at least 4 members (excludes halogenated alkanes) is 2. The Hall–Kier alpha value is -4.60. The van der Waals surface area contributed by atoms with Gasteiger partial charge in [-0.3, -0.25) is 4.79 Å². The molecule has 0 aromatic heterocycles. The molecule has 2 aliphatic carbocycles. The molecule has 0 bridgehead atoms. The number of allylic oxidation sites excluding steroid dienone is 1. The number of nitriles is 1. The van der Waals surface area contributed by atoms with Gasteiger partial charge in [0.1, 0.15) is 30.4 Å². The van der Waals surface area contributed by atoms with Crippen LogP contribution in [0.25, 0.3) is 0 Å². The summed E-state index contributed by atoms with van der Waals surface area (Å²) in [5.41, 5.74) is 3.63. The van der Waals surface area contributed by atoms with Gasteiger partial charge in [0.05, 0.1) is 29.9 Å². The number of fused-ring (bicyclic) bond motifs is 2. The molecule has 0 saturated heterocycles. The molecule has 3 aromatic rings. The molecule has 2 N–H and O–H groups in total. The molecule has 0 unspecified atom stereocenters. The van der Waals surface area contributed by atoms with Gasteiger partial charge in [-0.1, -0.05) is 37.1 Å². The van der Waals surface area contributed by atoms with E-state index in [1.807, 2.05) is 54.5 Å².